The average molecular weight is 265 g/mol. The standard InChI is InChI=1S/C19H23N/c1-14-8-10-15(11-9-14)19-13-17(20(2)3)12-16-6-4-5-7-18(16)19/h4-11,17,19H,12-13H2,1-3H3. The maximum absolute atomic E-state index is 2.37. The minimum absolute atomic E-state index is 0.535. The summed E-state index contributed by atoms with van der Waals surface area (Å²) in [7, 11) is 4.40. The Hall–Kier alpha value is -1.60. The highest BCUT2D eigenvalue weighted by atomic mass is 15.1. The van der Waals surface area contributed by atoms with Gasteiger partial charge in [0.25, 0.3) is 0 Å². The van der Waals surface area contributed by atoms with E-state index in [0.717, 1.165) is 0 Å². The Bertz CT molecular complexity index is 583. The van der Waals surface area contributed by atoms with E-state index in [1.165, 1.54) is 35.1 Å². The molecule has 2 aromatic carbocycles. The van der Waals surface area contributed by atoms with Crippen LogP contribution in [-0.2, 0) is 6.42 Å². The molecule has 0 saturated heterocycles. The third kappa shape index (κ3) is 2.51. The highest BCUT2D eigenvalue weighted by molar-refractivity contribution is 5.41. The van der Waals surface area contributed by atoms with Crippen molar-refractivity contribution in [2.45, 2.75) is 31.7 Å². The van der Waals surface area contributed by atoms with Crippen LogP contribution in [-0.4, -0.2) is 25.0 Å². The van der Waals surface area contributed by atoms with Crippen LogP contribution >= 0.6 is 0 Å². The topological polar surface area (TPSA) is 3.24 Å². The highest BCUT2D eigenvalue weighted by Gasteiger charge is 2.28. The Morgan fingerprint density at radius 2 is 1.65 bits per heavy atom. The smallest absolute Gasteiger partial charge is 0.0139 e. The molecule has 1 aliphatic rings. The lowest BCUT2D eigenvalue weighted by molar-refractivity contribution is 0.258. The summed E-state index contributed by atoms with van der Waals surface area (Å²) in [4.78, 5) is 2.37. The van der Waals surface area contributed by atoms with Crippen LogP contribution in [0.15, 0.2) is 48.5 Å². The first kappa shape index (κ1) is 13.4. The molecule has 104 valence electrons. The van der Waals surface area contributed by atoms with Crippen LogP contribution in [0.1, 0.15) is 34.6 Å². The number of hydrogen-bond acceptors (Lipinski definition) is 1. The number of fused-ring (bicyclic) bond motifs is 1. The molecule has 20 heavy (non-hydrogen) atoms. The lowest BCUT2D eigenvalue weighted by atomic mass is 9.76. The maximum atomic E-state index is 2.37. The molecule has 2 atom stereocenters. The molecule has 0 heterocycles. The third-order valence-corrected chi connectivity index (χ3v) is 4.60. The van der Waals surface area contributed by atoms with Crippen LogP contribution in [0.3, 0.4) is 0 Å². The van der Waals surface area contributed by atoms with E-state index >= 15 is 0 Å². The van der Waals surface area contributed by atoms with Gasteiger partial charge in [-0.15, -0.1) is 0 Å². The van der Waals surface area contributed by atoms with Crippen molar-refractivity contribution >= 4 is 0 Å². The van der Waals surface area contributed by atoms with Crippen LogP contribution in [0.25, 0.3) is 0 Å². The average Bonchev–Trinajstić information content (AvgIpc) is 2.47. The molecule has 2 aromatic rings. The number of nitrogens with zero attached hydrogens (tertiary/aromatic N) is 1. The van der Waals surface area contributed by atoms with Gasteiger partial charge in [-0.05, 0) is 50.6 Å². The zero-order valence-electron chi connectivity index (χ0n) is 12.6. The Kier molecular flexibility index (Phi) is 3.62. The fourth-order valence-corrected chi connectivity index (χ4v) is 3.30. The first-order valence-corrected chi connectivity index (χ1v) is 7.46. The monoisotopic (exact) mass is 265 g/mol. The van der Waals surface area contributed by atoms with E-state index in [0.29, 0.717) is 12.0 Å². The predicted molar refractivity (Wildman–Crippen MR) is 85.3 cm³/mol. The molecule has 0 spiro atoms. The van der Waals surface area contributed by atoms with Crippen LogP contribution < -0.4 is 0 Å². The first-order valence-electron chi connectivity index (χ1n) is 7.46. The van der Waals surface area contributed by atoms with Gasteiger partial charge in [0.05, 0.1) is 0 Å². The van der Waals surface area contributed by atoms with Crippen molar-refractivity contribution in [1.29, 1.82) is 0 Å². The van der Waals surface area contributed by atoms with Crippen molar-refractivity contribution in [3.05, 3.63) is 70.8 Å². The van der Waals surface area contributed by atoms with Crippen LogP contribution in [0.2, 0.25) is 0 Å². The maximum Gasteiger partial charge on any atom is 0.0139 e. The van der Waals surface area contributed by atoms with Gasteiger partial charge in [0.15, 0.2) is 0 Å². The van der Waals surface area contributed by atoms with E-state index in [2.05, 4.69) is 74.4 Å². The Morgan fingerprint density at radius 3 is 2.35 bits per heavy atom. The minimum Gasteiger partial charge on any atom is -0.306 e. The molecule has 3 rings (SSSR count). The number of benzene rings is 2. The van der Waals surface area contributed by atoms with Crippen molar-refractivity contribution in [3.63, 3.8) is 0 Å². The largest absolute Gasteiger partial charge is 0.306 e. The van der Waals surface area contributed by atoms with E-state index in [4.69, 9.17) is 0 Å². The van der Waals surface area contributed by atoms with Crippen molar-refractivity contribution in [2.75, 3.05) is 14.1 Å². The van der Waals surface area contributed by atoms with Crippen LogP contribution in [0.4, 0.5) is 0 Å². The first-order chi connectivity index (χ1) is 9.65. The van der Waals surface area contributed by atoms with Crippen LogP contribution in [0, 0.1) is 6.92 Å². The SMILES string of the molecule is Cc1ccc(C2CC(N(C)C)Cc3ccccc32)cc1. The molecule has 0 bridgehead atoms. The van der Waals surface area contributed by atoms with Crippen molar-refractivity contribution in [3.8, 4) is 0 Å². The molecule has 2 unspecified atom stereocenters. The predicted octanol–water partition coefficient (Wildman–Crippen LogP) is 4.00. The van der Waals surface area contributed by atoms with Gasteiger partial charge in [0.1, 0.15) is 0 Å². The fourth-order valence-electron chi connectivity index (χ4n) is 3.30. The lowest BCUT2D eigenvalue weighted by Crippen LogP contribution is -2.35. The summed E-state index contributed by atoms with van der Waals surface area (Å²) >= 11 is 0. The van der Waals surface area contributed by atoms with Gasteiger partial charge in [0.2, 0.25) is 0 Å². The zero-order valence-corrected chi connectivity index (χ0v) is 12.6. The van der Waals surface area contributed by atoms with Gasteiger partial charge in [0, 0.05) is 12.0 Å². The zero-order chi connectivity index (χ0) is 14.1. The molecule has 1 aliphatic carbocycles. The van der Waals surface area contributed by atoms with Gasteiger partial charge in [-0.3, -0.25) is 0 Å². The van der Waals surface area contributed by atoms with Gasteiger partial charge in [-0.1, -0.05) is 54.1 Å². The Labute approximate surface area is 122 Å². The summed E-state index contributed by atoms with van der Waals surface area (Å²) in [5.74, 6) is 0.535. The summed E-state index contributed by atoms with van der Waals surface area (Å²) in [6.07, 6.45) is 2.39. The molecule has 0 radical (unpaired) electrons. The molecule has 0 saturated carbocycles. The Balaban J connectivity index is 2.02. The van der Waals surface area contributed by atoms with Gasteiger partial charge in [-0.2, -0.15) is 0 Å². The number of rotatable bonds is 2. The van der Waals surface area contributed by atoms with Crippen LogP contribution in [0.5, 0.6) is 0 Å². The molecule has 0 fully saturated rings. The molecule has 1 heteroatoms. The third-order valence-electron chi connectivity index (χ3n) is 4.60. The molecule has 0 aromatic heterocycles. The molecular formula is C19H23N. The lowest BCUT2D eigenvalue weighted by Gasteiger charge is -2.35. The highest BCUT2D eigenvalue weighted by Crippen LogP contribution is 2.37. The molecule has 0 amide bonds. The normalized spacial score (nSPS) is 21.8. The molecule has 1 nitrogen and oxygen atoms in total. The molecular weight excluding hydrogens is 242 g/mol. The van der Waals surface area contributed by atoms with E-state index in [9.17, 15) is 0 Å². The van der Waals surface area contributed by atoms with E-state index < -0.39 is 0 Å². The van der Waals surface area contributed by atoms with Gasteiger partial charge in [-0.25, -0.2) is 0 Å². The Morgan fingerprint density at radius 1 is 0.950 bits per heavy atom. The second-order valence-corrected chi connectivity index (χ2v) is 6.22. The molecule has 0 aliphatic heterocycles. The van der Waals surface area contributed by atoms with Gasteiger partial charge >= 0.3 is 0 Å². The fraction of sp³-hybridized carbons (Fsp3) is 0.368. The van der Waals surface area contributed by atoms with E-state index in [1.807, 2.05) is 0 Å². The molecule has 0 N–H and O–H groups in total. The van der Waals surface area contributed by atoms with E-state index in [1.54, 1.807) is 0 Å². The second kappa shape index (κ2) is 5.41. The number of aryl methyl sites for hydroxylation is 1. The van der Waals surface area contributed by atoms with Gasteiger partial charge < -0.3 is 4.90 Å². The summed E-state index contributed by atoms with van der Waals surface area (Å²) in [6, 6.07) is 18.7. The second-order valence-electron chi connectivity index (χ2n) is 6.22. The summed E-state index contributed by atoms with van der Waals surface area (Å²) in [5, 5.41) is 0. The number of likely N-dealkylation sites (N-methyl/N-ethyl adjacent to an activating group) is 1. The van der Waals surface area contributed by atoms with Crippen molar-refractivity contribution in [1.82, 2.24) is 4.90 Å². The summed E-state index contributed by atoms with van der Waals surface area (Å²) in [5.41, 5.74) is 5.83. The quantitative estimate of drug-likeness (QED) is 0.793. The summed E-state index contributed by atoms with van der Waals surface area (Å²) in [6.45, 7) is 2.15. The summed E-state index contributed by atoms with van der Waals surface area (Å²) < 4.78 is 0. The minimum atomic E-state index is 0.535. The number of hydrogen-bond donors (Lipinski definition) is 0. The van der Waals surface area contributed by atoms with Crippen molar-refractivity contribution < 1.29 is 0 Å². The van der Waals surface area contributed by atoms with E-state index in [-0.39, 0.29) is 0 Å². The van der Waals surface area contributed by atoms with Crippen molar-refractivity contribution in [2.24, 2.45) is 0 Å².